The van der Waals surface area contributed by atoms with Crippen LogP contribution < -0.4 is 22.1 Å². The van der Waals surface area contributed by atoms with Crippen LogP contribution in [0.15, 0.2) is 42.5 Å². The van der Waals surface area contributed by atoms with E-state index in [1.165, 1.54) is 0 Å². The molecule has 0 bridgehead atoms. The predicted octanol–water partition coefficient (Wildman–Crippen LogP) is 1.90. The Kier molecular flexibility index (Phi) is 4.79. The Labute approximate surface area is 124 Å². The van der Waals surface area contributed by atoms with Crippen LogP contribution in [0.4, 0.5) is 11.4 Å². The van der Waals surface area contributed by atoms with Crippen LogP contribution in [0.5, 0.6) is 0 Å². The highest BCUT2D eigenvalue weighted by atomic mass is 16.1. The second kappa shape index (κ2) is 6.76. The first-order valence-electron chi connectivity index (χ1n) is 6.77. The first-order chi connectivity index (χ1) is 10.1. The highest BCUT2D eigenvalue weighted by molar-refractivity contribution is 5.94. The Hall–Kier alpha value is -2.53. The van der Waals surface area contributed by atoms with Crippen LogP contribution in [0.1, 0.15) is 21.5 Å². The van der Waals surface area contributed by atoms with Crippen LogP contribution in [0, 0.1) is 0 Å². The van der Waals surface area contributed by atoms with Crippen molar-refractivity contribution in [3.8, 4) is 0 Å². The molecular formula is C16H20N4O. The monoisotopic (exact) mass is 284 g/mol. The lowest BCUT2D eigenvalue weighted by Gasteiger charge is -2.11. The topological polar surface area (TPSA) is 93.2 Å². The summed E-state index contributed by atoms with van der Waals surface area (Å²) in [5, 5.41) is 6.34. The molecule has 0 unspecified atom stereocenters. The summed E-state index contributed by atoms with van der Waals surface area (Å²) in [7, 11) is 1.81. The van der Waals surface area contributed by atoms with Crippen LogP contribution in [0.2, 0.25) is 0 Å². The Bertz CT molecular complexity index is 640. The highest BCUT2D eigenvalue weighted by Gasteiger charge is 2.05. The van der Waals surface area contributed by atoms with Gasteiger partial charge in [-0.25, -0.2) is 0 Å². The molecule has 0 fully saturated rings. The summed E-state index contributed by atoms with van der Waals surface area (Å²) in [5.41, 5.74) is 15.4. The number of nitrogens with two attached hydrogens (primary N) is 2. The van der Waals surface area contributed by atoms with Crippen molar-refractivity contribution in [3.05, 3.63) is 59.2 Å². The highest BCUT2D eigenvalue weighted by Crippen LogP contribution is 2.17. The molecule has 2 rings (SSSR count). The number of carbonyl (C=O) groups excluding carboxylic acids is 1. The van der Waals surface area contributed by atoms with E-state index in [-0.39, 0.29) is 0 Å². The molecule has 0 heterocycles. The Morgan fingerprint density at radius 3 is 2.52 bits per heavy atom. The molecule has 2 aromatic rings. The summed E-state index contributed by atoms with van der Waals surface area (Å²) in [6.45, 7) is 1.11. The van der Waals surface area contributed by atoms with Crippen molar-refractivity contribution in [2.45, 2.75) is 13.1 Å². The van der Waals surface area contributed by atoms with E-state index in [1.54, 1.807) is 12.1 Å². The van der Waals surface area contributed by atoms with Gasteiger partial charge in [0.15, 0.2) is 0 Å². The van der Waals surface area contributed by atoms with Crippen molar-refractivity contribution >= 4 is 17.3 Å². The normalized spacial score (nSPS) is 10.2. The molecule has 110 valence electrons. The molecule has 0 atom stereocenters. The van der Waals surface area contributed by atoms with E-state index in [4.69, 9.17) is 11.5 Å². The van der Waals surface area contributed by atoms with Crippen molar-refractivity contribution < 1.29 is 4.79 Å². The van der Waals surface area contributed by atoms with Gasteiger partial charge in [0.1, 0.15) is 0 Å². The summed E-state index contributed by atoms with van der Waals surface area (Å²) in [6.07, 6.45) is 0. The van der Waals surface area contributed by atoms with Crippen LogP contribution >= 0.6 is 0 Å². The average Bonchev–Trinajstić information content (AvgIpc) is 2.52. The number of benzene rings is 2. The fraction of sp³-hybridized carbons (Fsp3) is 0.188. The maximum atomic E-state index is 11.3. The molecule has 0 saturated heterocycles. The first-order valence-corrected chi connectivity index (χ1v) is 6.77. The van der Waals surface area contributed by atoms with Crippen LogP contribution in [-0.2, 0) is 13.1 Å². The molecule has 0 aliphatic carbocycles. The summed E-state index contributed by atoms with van der Waals surface area (Å²) >= 11 is 0. The van der Waals surface area contributed by atoms with Gasteiger partial charge in [0.25, 0.3) is 0 Å². The standard InChI is InChI=1S/C16H20N4O/c1-19-15-7-12(5-13(8-15)16(18)21)10-20-14-4-2-3-11(6-14)9-17/h2-8,19-20H,9-10,17H2,1H3,(H2,18,21). The molecule has 0 aliphatic rings. The number of rotatable bonds is 6. The van der Waals surface area contributed by atoms with Gasteiger partial charge in [-0.05, 0) is 41.5 Å². The zero-order valence-corrected chi connectivity index (χ0v) is 12.0. The summed E-state index contributed by atoms with van der Waals surface area (Å²) < 4.78 is 0. The fourth-order valence-electron chi connectivity index (χ4n) is 2.09. The summed E-state index contributed by atoms with van der Waals surface area (Å²) in [4.78, 5) is 11.3. The largest absolute Gasteiger partial charge is 0.388 e. The van der Waals surface area contributed by atoms with Gasteiger partial charge in [-0.15, -0.1) is 0 Å². The van der Waals surface area contributed by atoms with E-state index in [0.29, 0.717) is 18.7 Å². The third-order valence-electron chi connectivity index (χ3n) is 3.23. The molecule has 5 nitrogen and oxygen atoms in total. The number of anilines is 2. The van der Waals surface area contributed by atoms with E-state index in [2.05, 4.69) is 10.6 Å². The number of nitrogens with one attached hydrogen (secondary N) is 2. The SMILES string of the molecule is CNc1cc(CNc2cccc(CN)c2)cc(C(N)=O)c1. The lowest BCUT2D eigenvalue weighted by atomic mass is 10.1. The van der Waals surface area contributed by atoms with Gasteiger partial charge in [0.2, 0.25) is 5.91 Å². The van der Waals surface area contributed by atoms with Crippen LogP contribution in [-0.4, -0.2) is 13.0 Å². The van der Waals surface area contributed by atoms with E-state index >= 15 is 0 Å². The molecule has 6 N–H and O–H groups in total. The van der Waals surface area contributed by atoms with Crippen LogP contribution in [0.25, 0.3) is 0 Å². The number of hydrogen-bond donors (Lipinski definition) is 4. The number of hydrogen-bond acceptors (Lipinski definition) is 4. The number of carbonyl (C=O) groups is 1. The molecule has 0 spiro atoms. The molecule has 0 aromatic heterocycles. The Morgan fingerprint density at radius 2 is 1.86 bits per heavy atom. The lowest BCUT2D eigenvalue weighted by molar-refractivity contribution is 0.1000. The maximum absolute atomic E-state index is 11.3. The molecule has 21 heavy (non-hydrogen) atoms. The smallest absolute Gasteiger partial charge is 0.248 e. The van der Waals surface area contributed by atoms with Crippen molar-refractivity contribution in [2.24, 2.45) is 11.5 Å². The fourth-order valence-corrected chi connectivity index (χ4v) is 2.09. The molecule has 0 radical (unpaired) electrons. The van der Waals surface area contributed by atoms with Gasteiger partial charge >= 0.3 is 0 Å². The Balaban J connectivity index is 2.15. The minimum absolute atomic E-state index is 0.432. The van der Waals surface area contributed by atoms with Gasteiger partial charge < -0.3 is 22.1 Å². The van der Waals surface area contributed by atoms with Gasteiger partial charge in [0, 0.05) is 37.1 Å². The average molecular weight is 284 g/mol. The molecular weight excluding hydrogens is 264 g/mol. The van der Waals surface area contributed by atoms with Gasteiger partial charge in [0.05, 0.1) is 0 Å². The third kappa shape index (κ3) is 3.97. The summed E-state index contributed by atoms with van der Waals surface area (Å²) in [6, 6.07) is 13.4. The molecule has 5 heteroatoms. The third-order valence-corrected chi connectivity index (χ3v) is 3.23. The predicted molar refractivity (Wildman–Crippen MR) is 86.2 cm³/mol. The molecule has 2 aromatic carbocycles. The van der Waals surface area contributed by atoms with Crippen molar-refractivity contribution in [1.82, 2.24) is 0 Å². The second-order valence-corrected chi connectivity index (χ2v) is 4.79. The van der Waals surface area contributed by atoms with E-state index in [1.807, 2.05) is 37.4 Å². The minimum Gasteiger partial charge on any atom is -0.388 e. The van der Waals surface area contributed by atoms with Gasteiger partial charge in [-0.1, -0.05) is 12.1 Å². The molecule has 0 aliphatic heterocycles. The minimum atomic E-state index is -0.432. The molecule has 1 amide bonds. The molecule has 0 saturated carbocycles. The number of primary amides is 1. The number of amides is 1. The van der Waals surface area contributed by atoms with E-state index in [0.717, 1.165) is 22.5 Å². The second-order valence-electron chi connectivity index (χ2n) is 4.79. The van der Waals surface area contributed by atoms with E-state index in [9.17, 15) is 4.79 Å². The van der Waals surface area contributed by atoms with E-state index < -0.39 is 5.91 Å². The van der Waals surface area contributed by atoms with Crippen molar-refractivity contribution in [3.63, 3.8) is 0 Å². The Morgan fingerprint density at radius 1 is 1.10 bits per heavy atom. The lowest BCUT2D eigenvalue weighted by Crippen LogP contribution is -2.12. The zero-order valence-electron chi connectivity index (χ0n) is 12.0. The quantitative estimate of drug-likeness (QED) is 0.652. The maximum Gasteiger partial charge on any atom is 0.248 e. The first kappa shape index (κ1) is 14.9. The van der Waals surface area contributed by atoms with Gasteiger partial charge in [-0.2, -0.15) is 0 Å². The van der Waals surface area contributed by atoms with Crippen LogP contribution in [0.3, 0.4) is 0 Å². The van der Waals surface area contributed by atoms with Gasteiger partial charge in [-0.3, -0.25) is 4.79 Å². The zero-order chi connectivity index (χ0) is 15.2. The van der Waals surface area contributed by atoms with Crippen molar-refractivity contribution in [2.75, 3.05) is 17.7 Å². The van der Waals surface area contributed by atoms with Crippen molar-refractivity contribution in [1.29, 1.82) is 0 Å². The summed E-state index contributed by atoms with van der Waals surface area (Å²) in [5.74, 6) is -0.432.